The summed E-state index contributed by atoms with van der Waals surface area (Å²) in [5.41, 5.74) is -0.998. The molecule has 0 spiro atoms. The van der Waals surface area contributed by atoms with Crippen molar-refractivity contribution in [3.8, 4) is 0 Å². The van der Waals surface area contributed by atoms with Crippen molar-refractivity contribution in [1.29, 1.82) is 0 Å². The van der Waals surface area contributed by atoms with Crippen LogP contribution >= 0.6 is 0 Å². The fourth-order valence-corrected chi connectivity index (χ4v) is 4.06. The largest absolute Gasteiger partial charge is 0.378 e. The minimum absolute atomic E-state index is 0.0632. The quantitative estimate of drug-likeness (QED) is 0.556. The average Bonchev–Trinajstić information content (AvgIpc) is 2.72. The maximum Gasteiger partial charge on any atom is 0.177 e. The van der Waals surface area contributed by atoms with E-state index in [0.29, 0.717) is 25.0 Å². The second kappa shape index (κ2) is 10.1. The molecule has 3 nitrogen and oxygen atoms in total. The van der Waals surface area contributed by atoms with Gasteiger partial charge < -0.3 is 14.2 Å². The predicted molar refractivity (Wildman–Crippen MR) is 106 cm³/mol. The van der Waals surface area contributed by atoms with Crippen LogP contribution in [0.1, 0.15) is 69.4 Å². The number of benzene rings is 1. The molecule has 2 aliphatic heterocycles. The minimum Gasteiger partial charge on any atom is -0.378 e. The summed E-state index contributed by atoms with van der Waals surface area (Å²) < 4.78 is 60.1. The Kier molecular flexibility index (Phi) is 7.77. The van der Waals surface area contributed by atoms with Gasteiger partial charge in [0, 0.05) is 11.5 Å². The Morgan fingerprint density at radius 2 is 1.79 bits per heavy atom. The molecule has 0 N–H and O–H groups in total. The maximum atomic E-state index is 14.7. The van der Waals surface area contributed by atoms with Crippen LogP contribution in [0, 0.1) is 11.6 Å². The summed E-state index contributed by atoms with van der Waals surface area (Å²) in [6.45, 7) is 4.30. The molecular weight excluding hydrogens is 381 g/mol. The Morgan fingerprint density at radius 1 is 1.03 bits per heavy atom. The Morgan fingerprint density at radius 3 is 2.41 bits per heavy atom. The van der Waals surface area contributed by atoms with Gasteiger partial charge >= 0.3 is 0 Å². The molecule has 2 heterocycles. The highest BCUT2D eigenvalue weighted by molar-refractivity contribution is 5.52. The first kappa shape index (κ1) is 22.3. The number of hydrogen-bond donors (Lipinski definition) is 0. The van der Waals surface area contributed by atoms with E-state index in [4.69, 9.17) is 14.2 Å². The van der Waals surface area contributed by atoms with Gasteiger partial charge in [-0.15, -0.1) is 0 Å². The van der Waals surface area contributed by atoms with Crippen LogP contribution in [0.3, 0.4) is 0 Å². The molecule has 162 valence electrons. The summed E-state index contributed by atoms with van der Waals surface area (Å²) in [5, 5.41) is 0. The van der Waals surface area contributed by atoms with E-state index in [9.17, 15) is 13.2 Å². The predicted octanol–water partition coefficient (Wildman–Crippen LogP) is 5.92. The summed E-state index contributed by atoms with van der Waals surface area (Å²) in [5.74, 6) is -1.85. The molecule has 2 atom stereocenters. The molecule has 1 aromatic rings. The van der Waals surface area contributed by atoms with Crippen LogP contribution in [0.15, 0.2) is 18.2 Å². The summed E-state index contributed by atoms with van der Waals surface area (Å²) in [4.78, 5) is 0. The normalized spacial score (nSPS) is 30.7. The Labute approximate surface area is 171 Å². The lowest BCUT2D eigenvalue weighted by Crippen LogP contribution is -2.43. The maximum absolute atomic E-state index is 14.7. The first-order chi connectivity index (χ1) is 14.0. The molecule has 6 heteroatoms. The topological polar surface area (TPSA) is 27.7 Å². The van der Waals surface area contributed by atoms with Crippen LogP contribution in [0.25, 0.3) is 6.08 Å². The molecule has 0 saturated carbocycles. The van der Waals surface area contributed by atoms with E-state index in [1.807, 2.05) is 6.92 Å². The van der Waals surface area contributed by atoms with Crippen molar-refractivity contribution in [3.05, 3.63) is 41.0 Å². The molecule has 2 unspecified atom stereocenters. The Hall–Kier alpha value is -1.37. The second-order valence-corrected chi connectivity index (χ2v) is 8.14. The molecule has 0 aromatic heterocycles. The Bertz CT molecular complexity index is 691. The van der Waals surface area contributed by atoms with E-state index < -0.39 is 23.6 Å². The van der Waals surface area contributed by atoms with Crippen molar-refractivity contribution in [2.75, 3.05) is 19.8 Å². The van der Waals surface area contributed by atoms with E-state index >= 15 is 0 Å². The van der Waals surface area contributed by atoms with Crippen molar-refractivity contribution >= 4 is 6.08 Å². The third-order valence-electron chi connectivity index (χ3n) is 5.71. The molecule has 2 fully saturated rings. The molecule has 0 radical (unpaired) electrons. The molecule has 2 saturated heterocycles. The first-order valence-electron chi connectivity index (χ1n) is 10.7. The van der Waals surface area contributed by atoms with Gasteiger partial charge in [-0.25, -0.2) is 13.2 Å². The van der Waals surface area contributed by atoms with Crippen LogP contribution in [0.2, 0.25) is 0 Å². The highest BCUT2D eigenvalue weighted by atomic mass is 19.2. The van der Waals surface area contributed by atoms with Crippen molar-refractivity contribution in [3.63, 3.8) is 0 Å². The lowest BCUT2D eigenvalue weighted by molar-refractivity contribution is -0.212. The molecular formula is C23H31F3O3. The van der Waals surface area contributed by atoms with Crippen LogP contribution in [-0.4, -0.2) is 37.9 Å². The average molecular weight is 412 g/mol. The molecule has 2 aliphatic rings. The molecule has 1 aromatic carbocycles. The van der Waals surface area contributed by atoms with Crippen LogP contribution < -0.4 is 0 Å². The van der Waals surface area contributed by atoms with E-state index in [1.54, 1.807) is 12.1 Å². The highest BCUT2D eigenvalue weighted by Gasteiger charge is 2.35. The minimum atomic E-state index is -1.48. The molecule has 0 bridgehead atoms. The molecule has 3 rings (SSSR count). The fraction of sp³-hybridized carbons (Fsp3) is 0.652. The van der Waals surface area contributed by atoms with Gasteiger partial charge in [0.15, 0.2) is 23.6 Å². The van der Waals surface area contributed by atoms with Gasteiger partial charge in [-0.05, 0) is 37.3 Å². The van der Waals surface area contributed by atoms with Gasteiger partial charge in [0.1, 0.15) is 0 Å². The number of halogens is 3. The smallest absolute Gasteiger partial charge is 0.177 e. The molecule has 0 aliphatic carbocycles. The second-order valence-electron chi connectivity index (χ2n) is 8.14. The van der Waals surface area contributed by atoms with Gasteiger partial charge in [-0.3, -0.25) is 0 Å². The van der Waals surface area contributed by atoms with Crippen molar-refractivity contribution in [2.24, 2.45) is 0 Å². The fourth-order valence-electron chi connectivity index (χ4n) is 4.06. The first-order valence-corrected chi connectivity index (χ1v) is 10.7. The van der Waals surface area contributed by atoms with Crippen molar-refractivity contribution < 1.29 is 27.4 Å². The van der Waals surface area contributed by atoms with Gasteiger partial charge in [-0.2, -0.15) is 0 Å². The summed E-state index contributed by atoms with van der Waals surface area (Å²) in [7, 11) is 0. The lowest BCUT2D eigenvalue weighted by Gasteiger charge is -2.32. The summed E-state index contributed by atoms with van der Waals surface area (Å²) in [6, 6.07) is 3.18. The number of hydrogen-bond acceptors (Lipinski definition) is 3. The Balaban J connectivity index is 1.61. The van der Waals surface area contributed by atoms with Crippen LogP contribution in [0.5, 0.6) is 0 Å². The van der Waals surface area contributed by atoms with E-state index in [0.717, 1.165) is 25.7 Å². The number of rotatable bonds is 7. The third-order valence-corrected chi connectivity index (χ3v) is 5.71. The number of alkyl halides is 1. The molecule has 0 amide bonds. The standard InChI is InChI=1S/C23H31F3O3/c1-3-5-18-9-6-17(13-27-18)19-10-7-16(21(24)22(19)25)8-11-20-28-14-23(26,12-4-2)15-29-20/h7-8,10-11,17-18,20H,3-6,9,12-15H2,1-2H3/b11-8+. The van der Waals surface area contributed by atoms with Gasteiger partial charge in [0.25, 0.3) is 0 Å². The van der Waals surface area contributed by atoms with E-state index in [2.05, 4.69) is 6.92 Å². The van der Waals surface area contributed by atoms with Gasteiger partial charge in [-0.1, -0.05) is 44.9 Å². The van der Waals surface area contributed by atoms with Crippen molar-refractivity contribution in [2.45, 2.75) is 76.4 Å². The van der Waals surface area contributed by atoms with E-state index in [-0.39, 0.29) is 30.8 Å². The highest BCUT2D eigenvalue weighted by Crippen LogP contribution is 2.33. The molecule has 29 heavy (non-hydrogen) atoms. The van der Waals surface area contributed by atoms with Crippen molar-refractivity contribution in [1.82, 2.24) is 0 Å². The zero-order valence-corrected chi connectivity index (χ0v) is 17.3. The zero-order chi connectivity index (χ0) is 20.9. The SMILES string of the molecule is CCCC1CCC(c2ccc(/C=C/C3OCC(F)(CCC)CO3)c(F)c2F)CO1. The zero-order valence-electron chi connectivity index (χ0n) is 17.3. The lowest BCUT2D eigenvalue weighted by atomic mass is 9.89. The van der Waals surface area contributed by atoms with Crippen LogP contribution in [-0.2, 0) is 14.2 Å². The summed E-state index contributed by atoms with van der Waals surface area (Å²) in [6.07, 6.45) is 7.16. The van der Waals surface area contributed by atoms with E-state index in [1.165, 1.54) is 12.2 Å². The summed E-state index contributed by atoms with van der Waals surface area (Å²) >= 11 is 0. The van der Waals surface area contributed by atoms with Gasteiger partial charge in [0.05, 0.1) is 25.9 Å². The number of ether oxygens (including phenoxy) is 3. The third kappa shape index (κ3) is 5.62. The monoisotopic (exact) mass is 412 g/mol. The van der Waals surface area contributed by atoms with Crippen LogP contribution in [0.4, 0.5) is 13.2 Å². The van der Waals surface area contributed by atoms with Gasteiger partial charge in [0.2, 0.25) is 0 Å².